The predicted molar refractivity (Wildman–Crippen MR) is 69.2 cm³/mol. The smallest absolute Gasteiger partial charge is 0.0579 e. The summed E-state index contributed by atoms with van der Waals surface area (Å²) in [6, 6.07) is 0.735. The third-order valence-electron chi connectivity index (χ3n) is 6.32. The van der Waals surface area contributed by atoms with E-state index in [2.05, 4.69) is 5.32 Å². The fourth-order valence-corrected chi connectivity index (χ4v) is 5.29. The van der Waals surface area contributed by atoms with Crippen LogP contribution in [0, 0.1) is 29.1 Å². The number of hydrogen-bond donors (Lipinski definition) is 2. The van der Waals surface area contributed by atoms with Crippen molar-refractivity contribution in [2.75, 3.05) is 26.4 Å². The average Bonchev–Trinajstić information content (AvgIpc) is 3.00. The fraction of sp³-hybridized carbons (Fsp3) is 1.00. The van der Waals surface area contributed by atoms with Crippen molar-refractivity contribution in [1.29, 1.82) is 0 Å². The molecule has 0 aromatic carbocycles. The van der Waals surface area contributed by atoms with Gasteiger partial charge in [-0.1, -0.05) is 6.42 Å². The highest BCUT2D eigenvalue weighted by Gasteiger charge is 2.54. The molecule has 4 fully saturated rings. The SMILES string of the molecule is OCC1(CNC2CC3CC2C2CCCC32)COC1. The summed E-state index contributed by atoms with van der Waals surface area (Å²) in [5.74, 6) is 4.07. The van der Waals surface area contributed by atoms with Gasteiger partial charge >= 0.3 is 0 Å². The summed E-state index contributed by atoms with van der Waals surface area (Å²) in [7, 11) is 0. The summed E-state index contributed by atoms with van der Waals surface area (Å²) in [5.41, 5.74) is 0.0386. The van der Waals surface area contributed by atoms with E-state index in [1.807, 2.05) is 0 Å². The minimum atomic E-state index is 0.0386. The van der Waals surface area contributed by atoms with Crippen molar-refractivity contribution < 1.29 is 9.84 Å². The van der Waals surface area contributed by atoms with Crippen molar-refractivity contribution in [2.45, 2.75) is 38.1 Å². The van der Waals surface area contributed by atoms with E-state index in [4.69, 9.17) is 4.74 Å². The standard InChI is InChI=1S/C15H25NO2/c17-7-15(8-18-9-15)6-16-14-5-10-4-13(14)12-3-1-2-11(10)12/h10-14,16-17H,1-9H2. The summed E-state index contributed by atoms with van der Waals surface area (Å²) >= 11 is 0. The molecule has 4 rings (SSSR count). The molecule has 5 unspecified atom stereocenters. The van der Waals surface area contributed by atoms with Crippen LogP contribution in [0.3, 0.4) is 0 Å². The summed E-state index contributed by atoms with van der Waals surface area (Å²) in [6.07, 6.45) is 7.35. The van der Waals surface area contributed by atoms with E-state index >= 15 is 0 Å². The van der Waals surface area contributed by atoms with Gasteiger partial charge in [-0.2, -0.15) is 0 Å². The van der Waals surface area contributed by atoms with Crippen LogP contribution in [0.5, 0.6) is 0 Å². The van der Waals surface area contributed by atoms with Crippen molar-refractivity contribution in [2.24, 2.45) is 29.1 Å². The maximum atomic E-state index is 9.47. The van der Waals surface area contributed by atoms with E-state index in [-0.39, 0.29) is 12.0 Å². The Morgan fingerprint density at radius 1 is 1.11 bits per heavy atom. The minimum Gasteiger partial charge on any atom is -0.396 e. The van der Waals surface area contributed by atoms with Crippen LogP contribution in [0.25, 0.3) is 0 Å². The molecule has 0 spiro atoms. The van der Waals surface area contributed by atoms with Gasteiger partial charge in [-0.15, -0.1) is 0 Å². The first kappa shape index (κ1) is 11.7. The molecule has 2 N–H and O–H groups in total. The molecule has 18 heavy (non-hydrogen) atoms. The minimum absolute atomic E-state index is 0.0386. The highest BCUT2D eigenvalue weighted by molar-refractivity contribution is 5.06. The van der Waals surface area contributed by atoms with Crippen LogP contribution in [-0.4, -0.2) is 37.5 Å². The zero-order valence-corrected chi connectivity index (χ0v) is 11.1. The second-order valence-electron chi connectivity index (χ2n) is 7.29. The summed E-state index contributed by atoms with van der Waals surface area (Å²) in [5, 5.41) is 13.3. The zero-order chi connectivity index (χ0) is 12.2. The van der Waals surface area contributed by atoms with Crippen molar-refractivity contribution in [3.8, 4) is 0 Å². The molecule has 3 nitrogen and oxygen atoms in total. The van der Waals surface area contributed by atoms with Crippen molar-refractivity contribution >= 4 is 0 Å². The number of ether oxygens (including phenoxy) is 1. The van der Waals surface area contributed by atoms with Crippen molar-refractivity contribution in [3.05, 3.63) is 0 Å². The first-order chi connectivity index (χ1) is 8.81. The Bertz CT molecular complexity index is 323. The van der Waals surface area contributed by atoms with Crippen LogP contribution in [-0.2, 0) is 4.74 Å². The normalized spacial score (nSPS) is 48.2. The van der Waals surface area contributed by atoms with Crippen molar-refractivity contribution in [1.82, 2.24) is 5.32 Å². The molecule has 0 aromatic rings. The number of rotatable bonds is 4. The highest BCUT2D eigenvalue weighted by Crippen LogP contribution is 2.58. The molecule has 1 heterocycles. The Balaban J connectivity index is 1.37. The molecule has 0 amide bonds. The molecule has 102 valence electrons. The Hall–Kier alpha value is -0.120. The lowest BCUT2D eigenvalue weighted by molar-refractivity contribution is -0.135. The first-order valence-electron chi connectivity index (χ1n) is 7.73. The van der Waals surface area contributed by atoms with Gasteiger partial charge in [0.2, 0.25) is 0 Å². The quantitative estimate of drug-likeness (QED) is 0.794. The molecule has 1 aliphatic heterocycles. The Labute approximate surface area is 109 Å². The van der Waals surface area contributed by atoms with Gasteiger partial charge in [0.1, 0.15) is 0 Å². The molecule has 0 aromatic heterocycles. The number of hydrogen-bond acceptors (Lipinski definition) is 3. The van der Waals surface area contributed by atoms with Gasteiger partial charge in [0.25, 0.3) is 0 Å². The van der Waals surface area contributed by atoms with Crippen LogP contribution in [0.4, 0.5) is 0 Å². The zero-order valence-electron chi connectivity index (χ0n) is 11.1. The van der Waals surface area contributed by atoms with Crippen molar-refractivity contribution in [3.63, 3.8) is 0 Å². The molecule has 5 atom stereocenters. The Morgan fingerprint density at radius 2 is 1.94 bits per heavy atom. The maximum absolute atomic E-state index is 9.47. The van der Waals surface area contributed by atoms with E-state index in [1.54, 1.807) is 0 Å². The van der Waals surface area contributed by atoms with E-state index in [9.17, 15) is 5.11 Å². The second kappa shape index (κ2) is 4.19. The van der Waals surface area contributed by atoms with Gasteiger partial charge in [-0.25, -0.2) is 0 Å². The summed E-state index contributed by atoms with van der Waals surface area (Å²) < 4.78 is 5.28. The first-order valence-corrected chi connectivity index (χ1v) is 7.73. The monoisotopic (exact) mass is 251 g/mol. The highest BCUT2D eigenvalue weighted by atomic mass is 16.5. The van der Waals surface area contributed by atoms with Gasteiger partial charge in [0, 0.05) is 12.6 Å². The molecule has 1 saturated heterocycles. The lowest BCUT2D eigenvalue weighted by Gasteiger charge is -2.42. The van der Waals surface area contributed by atoms with Crippen LogP contribution in [0.15, 0.2) is 0 Å². The largest absolute Gasteiger partial charge is 0.396 e. The Kier molecular flexibility index (Phi) is 2.72. The lowest BCUT2D eigenvalue weighted by Crippen LogP contribution is -2.55. The fourth-order valence-electron chi connectivity index (χ4n) is 5.29. The summed E-state index contributed by atoms with van der Waals surface area (Å²) in [6.45, 7) is 2.70. The van der Waals surface area contributed by atoms with E-state index in [1.165, 1.54) is 32.1 Å². The third-order valence-corrected chi connectivity index (χ3v) is 6.32. The van der Waals surface area contributed by atoms with E-state index in [0.29, 0.717) is 0 Å². The van der Waals surface area contributed by atoms with Gasteiger partial charge in [0.05, 0.1) is 25.2 Å². The predicted octanol–water partition coefficient (Wildman–Crippen LogP) is 1.41. The molecule has 3 saturated carbocycles. The van der Waals surface area contributed by atoms with Gasteiger partial charge in [-0.05, 0) is 49.4 Å². The van der Waals surface area contributed by atoms with Crippen LogP contribution in [0.1, 0.15) is 32.1 Å². The maximum Gasteiger partial charge on any atom is 0.0579 e. The van der Waals surface area contributed by atoms with Crippen LogP contribution in [0.2, 0.25) is 0 Å². The molecule has 2 bridgehead atoms. The molecule has 3 heteroatoms. The number of aliphatic hydroxyl groups is 1. The second-order valence-corrected chi connectivity index (χ2v) is 7.29. The number of nitrogens with one attached hydrogen (secondary N) is 1. The molecular formula is C15H25NO2. The van der Waals surface area contributed by atoms with Gasteiger partial charge in [0.15, 0.2) is 0 Å². The van der Waals surface area contributed by atoms with Crippen LogP contribution < -0.4 is 5.32 Å². The summed E-state index contributed by atoms with van der Waals surface area (Å²) in [4.78, 5) is 0. The number of fused-ring (bicyclic) bond motifs is 5. The molecular weight excluding hydrogens is 226 g/mol. The molecule has 4 aliphatic rings. The van der Waals surface area contributed by atoms with E-state index in [0.717, 1.165) is 49.5 Å². The molecule has 0 radical (unpaired) electrons. The average molecular weight is 251 g/mol. The third kappa shape index (κ3) is 1.60. The lowest BCUT2D eigenvalue weighted by atomic mass is 9.78. The van der Waals surface area contributed by atoms with Crippen LogP contribution >= 0.6 is 0 Å². The van der Waals surface area contributed by atoms with Gasteiger partial charge in [-0.3, -0.25) is 0 Å². The molecule has 3 aliphatic carbocycles. The topological polar surface area (TPSA) is 41.5 Å². The Morgan fingerprint density at radius 3 is 2.67 bits per heavy atom. The van der Waals surface area contributed by atoms with E-state index < -0.39 is 0 Å². The van der Waals surface area contributed by atoms with Gasteiger partial charge < -0.3 is 15.2 Å². The number of aliphatic hydroxyl groups excluding tert-OH is 1.